The Morgan fingerprint density at radius 3 is 2.40 bits per heavy atom. The van der Waals surface area contributed by atoms with Crippen molar-refractivity contribution >= 4 is 17.3 Å². The molecule has 0 atom stereocenters. The van der Waals surface area contributed by atoms with Gasteiger partial charge in [0.05, 0.1) is 23.9 Å². The molecule has 0 bridgehead atoms. The number of carboxylic acid groups (broad SMARTS) is 1. The summed E-state index contributed by atoms with van der Waals surface area (Å²) >= 11 is 1.60. The van der Waals surface area contributed by atoms with Gasteiger partial charge >= 0.3 is 5.97 Å². The summed E-state index contributed by atoms with van der Waals surface area (Å²) in [6, 6.07) is 6.23. The van der Waals surface area contributed by atoms with E-state index >= 15 is 0 Å². The van der Waals surface area contributed by atoms with Crippen LogP contribution < -0.4 is 4.74 Å². The molecule has 20 heavy (non-hydrogen) atoms. The van der Waals surface area contributed by atoms with Gasteiger partial charge in [0.15, 0.2) is 0 Å². The Morgan fingerprint density at radius 2 is 2.00 bits per heavy atom. The molecule has 0 spiro atoms. The number of aliphatic hydroxyl groups excluding tert-OH is 1. The Morgan fingerprint density at radius 1 is 1.35 bits per heavy atom. The number of ether oxygens (including phenoxy) is 1. The maximum absolute atomic E-state index is 10.4. The van der Waals surface area contributed by atoms with Gasteiger partial charge < -0.3 is 14.9 Å². The lowest BCUT2D eigenvalue weighted by Crippen LogP contribution is -1.95. The number of hydrogen-bond donors (Lipinski definition) is 2. The average molecular weight is 295 g/mol. The standard InChI is InChI=1S/C8H8O3.C6H9NOS/c1-11-7-4-2-6(3-5-7)8(9)10;1-5-6(2-3-8)9-4-7-5/h2-5H,1H3,(H,9,10);4,8H,2-3H2,1H3. The predicted molar refractivity (Wildman–Crippen MR) is 77.6 cm³/mol. The highest BCUT2D eigenvalue weighted by Crippen LogP contribution is 2.11. The molecule has 1 aromatic heterocycles. The van der Waals surface area contributed by atoms with Crippen molar-refractivity contribution < 1.29 is 19.7 Å². The molecule has 2 rings (SSSR count). The van der Waals surface area contributed by atoms with Crippen molar-refractivity contribution in [3.63, 3.8) is 0 Å². The minimum absolute atomic E-state index is 0.225. The molecule has 2 N–H and O–H groups in total. The van der Waals surface area contributed by atoms with Crippen LogP contribution in [0.3, 0.4) is 0 Å². The molecule has 1 heterocycles. The number of aryl methyl sites for hydroxylation is 1. The summed E-state index contributed by atoms with van der Waals surface area (Å²) in [4.78, 5) is 15.6. The van der Waals surface area contributed by atoms with E-state index in [1.165, 1.54) is 24.1 Å². The molecule has 0 saturated carbocycles. The molecule has 0 radical (unpaired) electrons. The highest BCUT2D eigenvalue weighted by Gasteiger charge is 2.00. The Bertz CT molecular complexity index is 536. The normalized spacial score (nSPS) is 9.55. The lowest BCUT2D eigenvalue weighted by molar-refractivity contribution is 0.0697. The number of benzene rings is 1. The molecule has 108 valence electrons. The van der Waals surface area contributed by atoms with Gasteiger partial charge in [-0.3, -0.25) is 0 Å². The second-order valence-electron chi connectivity index (χ2n) is 3.87. The lowest BCUT2D eigenvalue weighted by atomic mass is 10.2. The topological polar surface area (TPSA) is 79.7 Å². The Hall–Kier alpha value is -1.92. The van der Waals surface area contributed by atoms with Crippen LogP contribution in [0.25, 0.3) is 0 Å². The summed E-state index contributed by atoms with van der Waals surface area (Å²) in [5, 5.41) is 17.0. The minimum Gasteiger partial charge on any atom is -0.497 e. The molecular formula is C14H17NO4S. The van der Waals surface area contributed by atoms with Crippen LogP contribution in [0.1, 0.15) is 20.9 Å². The third kappa shape index (κ3) is 4.99. The number of carbonyl (C=O) groups is 1. The van der Waals surface area contributed by atoms with E-state index in [4.69, 9.17) is 14.9 Å². The zero-order valence-electron chi connectivity index (χ0n) is 11.4. The van der Waals surface area contributed by atoms with Gasteiger partial charge in [-0.2, -0.15) is 0 Å². The van der Waals surface area contributed by atoms with Crippen LogP contribution in [0, 0.1) is 6.92 Å². The first kappa shape index (κ1) is 16.1. The average Bonchev–Trinajstić information content (AvgIpc) is 2.86. The molecular weight excluding hydrogens is 278 g/mol. The number of aliphatic hydroxyl groups is 1. The molecule has 6 heteroatoms. The van der Waals surface area contributed by atoms with Gasteiger partial charge in [-0.25, -0.2) is 9.78 Å². The summed E-state index contributed by atoms with van der Waals surface area (Å²) < 4.78 is 4.86. The van der Waals surface area contributed by atoms with Gasteiger partial charge in [-0.05, 0) is 31.2 Å². The van der Waals surface area contributed by atoms with E-state index in [0.29, 0.717) is 5.75 Å². The fraction of sp³-hybridized carbons (Fsp3) is 0.286. The second kappa shape index (κ2) is 8.29. The van der Waals surface area contributed by atoms with E-state index < -0.39 is 5.97 Å². The molecule has 2 aromatic rings. The van der Waals surface area contributed by atoms with Crippen molar-refractivity contribution in [2.24, 2.45) is 0 Å². The van der Waals surface area contributed by atoms with Crippen molar-refractivity contribution in [3.8, 4) is 5.75 Å². The molecule has 0 aliphatic heterocycles. The van der Waals surface area contributed by atoms with E-state index in [1.54, 1.807) is 29.0 Å². The number of thiazole rings is 1. The summed E-state index contributed by atoms with van der Waals surface area (Å²) in [5.41, 5.74) is 3.13. The van der Waals surface area contributed by atoms with Crippen LogP contribution in [0.15, 0.2) is 29.8 Å². The van der Waals surface area contributed by atoms with Crippen molar-refractivity contribution in [1.29, 1.82) is 0 Å². The molecule has 5 nitrogen and oxygen atoms in total. The third-order valence-corrected chi connectivity index (χ3v) is 3.52. The fourth-order valence-electron chi connectivity index (χ4n) is 1.40. The fourth-order valence-corrected chi connectivity index (χ4v) is 2.17. The van der Waals surface area contributed by atoms with Gasteiger partial charge in [0.1, 0.15) is 5.75 Å². The number of rotatable bonds is 4. The van der Waals surface area contributed by atoms with Gasteiger partial charge in [0.2, 0.25) is 0 Å². The first-order valence-electron chi connectivity index (χ1n) is 5.95. The van der Waals surface area contributed by atoms with Crippen molar-refractivity contribution in [1.82, 2.24) is 4.98 Å². The SMILES string of the molecule is COc1ccc(C(=O)O)cc1.Cc1ncsc1CCO. The number of carboxylic acids is 1. The summed E-state index contributed by atoms with van der Waals surface area (Å²) in [6.07, 6.45) is 0.747. The maximum atomic E-state index is 10.4. The summed E-state index contributed by atoms with van der Waals surface area (Å²) in [6.45, 7) is 2.19. The molecule has 0 unspecified atom stereocenters. The van der Waals surface area contributed by atoms with Crippen molar-refractivity contribution in [2.45, 2.75) is 13.3 Å². The molecule has 1 aromatic carbocycles. The van der Waals surface area contributed by atoms with Crippen molar-refractivity contribution in [2.75, 3.05) is 13.7 Å². The molecule has 0 aliphatic rings. The van der Waals surface area contributed by atoms with Gasteiger partial charge in [0.25, 0.3) is 0 Å². The van der Waals surface area contributed by atoms with E-state index in [-0.39, 0.29) is 12.2 Å². The minimum atomic E-state index is -0.923. The molecule has 0 amide bonds. The quantitative estimate of drug-likeness (QED) is 0.905. The molecule has 0 fully saturated rings. The van der Waals surface area contributed by atoms with Crippen molar-refractivity contribution in [3.05, 3.63) is 45.9 Å². The van der Waals surface area contributed by atoms with Crippen LogP contribution in [0.5, 0.6) is 5.75 Å². The number of hydrogen-bond acceptors (Lipinski definition) is 5. The Labute approximate surface area is 121 Å². The van der Waals surface area contributed by atoms with Crippen LogP contribution in [0.2, 0.25) is 0 Å². The first-order valence-corrected chi connectivity index (χ1v) is 6.83. The van der Waals surface area contributed by atoms with Gasteiger partial charge in [-0.15, -0.1) is 11.3 Å². The van der Waals surface area contributed by atoms with E-state index in [2.05, 4.69) is 4.98 Å². The largest absolute Gasteiger partial charge is 0.497 e. The van der Waals surface area contributed by atoms with Crippen LogP contribution >= 0.6 is 11.3 Å². The van der Waals surface area contributed by atoms with Crippen LogP contribution in [0.4, 0.5) is 0 Å². The third-order valence-electron chi connectivity index (χ3n) is 2.52. The number of methoxy groups -OCH3 is 1. The second-order valence-corrected chi connectivity index (χ2v) is 4.81. The highest BCUT2D eigenvalue weighted by atomic mass is 32.1. The monoisotopic (exact) mass is 295 g/mol. The first-order chi connectivity index (χ1) is 9.58. The summed E-state index contributed by atoms with van der Waals surface area (Å²) in [7, 11) is 1.54. The van der Waals surface area contributed by atoms with Gasteiger partial charge in [0, 0.05) is 17.9 Å². The van der Waals surface area contributed by atoms with Gasteiger partial charge in [-0.1, -0.05) is 0 Å². The summed E-state index contributed by atoms with van der Waals surface area (Å²) in [5.74, 6) is -0.261. The van der Waals surface area contributed by atoms with E-state index in [1.807, 2.05) is 6.92 Å². The number of aromatic nitrogens is 1. The Kier molecular flexibility index (Phi) is 6.69. The Balaban J connectivity index is 0.000000204. The number of nitrogens with zero attached hydrogens (tertiary/aromatic N) is 1. The zero-order valence-corrected chi connectivity index (χ0v) is 12.2. The molecule has 0 aliphatic carbocycles. The highest BCUT2D eigenvalue weighted by molar-refractivity contribution is 7.09. The zero-order chi connectivity index (χ0) is 15.0. The van der Waals surface area contributed by atoms with E-state index in [0.717, 1.165) is 12.1 Å². The predicted octanol–water partition coefficient (Wildman–Crippen LogP) is 2.38. The van der Waals surface area contributed by atoms with Crippen LogP contribution in [-0.4, -0.2) is 34.9 Å². The number of aromatic carboxylic acids is 1. The smallest absolute Gasteiger partial charge is 0.335 e. The maximum Gasteiger partial charge on any atom is 0.335 e. The lowest BCUT2D eigenvalue weighted by Gasteiger charge is -1.98. The van der Waals surface area contributed by atoms with E-state index in [9.17, 15) is 4.79 Å². The van der Waals surface area contributed by atoms with Crippen LogP contribution in [-0.2, 0) is 6.42 Å². The molecule has 0 saturated heterocycles.